The standard InChI is InChI=1S/C31H27BrFN3O2/c1-18-13-20(17-38-28-12-4-3-9-25(28)32)19(2)23(14-18)29-24(16-34)31(35)36(22-8-5-7-21(33)15-22)26-10-6-11-27(37)30(26)29/h3-5,7-9,12-15,29H,6,10-11,17,35H2,1-2H3. The minimum atomic E-state index is -0.602. The van der Waals surface area contributed by atoms with E-state index in [1.807, 2.05) is 44.2 Å². The molecule has 5 nitrogen and oxygen atoms in total. The van der Waals surface area contributed by atoms with Gasteiger partial charge in [0.1, 0.15) is 24.0 Å². The van der Waals surface area contributed by atoms with E-state index in [-0.39, 0.29) is 17.2 Å². The van der Waals surface area contributed by atoms with Crippen molar-refractivity contribution in [3.8, 4) is 11.8 Å². The number of nitrogens with two attached hydrogens (primary N) is 1. The van der Waals surface area contributed by atoms with Gasteiger partial charge < -0.3 is 10.5 Å². The van der Waals surface area contributed by atoms with E-state index in [9.17, 15) is 14.4 Å². The van der Waals surface area contributed by atoms with Gasteiger partial charge in [0.2, 0.25) is 0 Å². The summed E-state index contributed by atoms with van der Waals surface area (Å²) in [5, 5.41) is 10.3. The Morgan fingerprint density at radius 2 is 1.92 bits per heavy atom. The van der Waals surface area contributed by atoms with Gasteiger partial charge in [0.15, 0.2) is 5.78 Å². The zero-order valence-corrected chi connectivity index (χ0v) is 22.8. The van der Waals surface area contributed by atoms with E-state index in [1.165, 1.54) is 12.1 Å². The van der Waals surface area contributed by atoms with Gasteiger partial charge in [0.05, 0.1) is 27.7 Å². The predicted octanol–water partition coefficient (Wildman–Crippen LogP) is 7.09. The van der Waals surface area contributed by atoms with Crippen molar-refractivity contribution in [3.05, 3.63) is 116 Å². The zero-order valence-electron chi connectivity index (χ0n) is 21.2. The molecule has 1 heterocycles. The van der Waals surface area contributed by atoms with Gasteiger partial charge in [-0.05, 0) is 89.6 Å². The number of para-hydroxylation sites is 1. The van der Waals surface area contributed by atoms with Crippen molar-refractivity contribution in [1.29, 1.82) is 5.26 Å². The summed E-state index contributed by atoms with van der Waals surface area (Å²) in [7, 11) is 0. The van der Waals surface area contributed by atoms with Crippen LogP contribution in [0.3, 0.4) is 0 Å². The normalized spacial score (nSPS) is 17.4. The molecule has 192 valence electrons. The number of halogens is 2. The molecule has 3 aromatic rings. The fourth-order valence-corrected chi connectivity index (χ4v) is 5.84. The maximum Gasteiger partial charge on any atom is 0.161 e. The quantitative estimate of drug-likeness (QED) is 0.353. The van der Waals surface area contributed by atoms with E-state index in [0.29, 0.717) is 37.1 Å². The van der Waals surface area contributed by atoms with Crippen molar-refractivity contribution in [2.75, 3.05) is 4.90 Å². The highest BCUT2D eigenvalue weighted by Crippen LogP contribution is 2.47. The van der Waals surface area contributed by atoms with Crippen molar-refractivity contribution in [3.63, 3.8) is 0 Å². The molecule has 2 aliphatic rings. The third-order valence-electron chi connectivity index (χ3n) is 7.21. The molecule has 0 aromatic heterocycles. The number of carbonyl (C=O) groups is 1. The number of allylic oxidation sites excluding steroid dienone is 3. The van der Waals surface area contributed by atoms with E-state index in [0.717, 1.165) is 38.2 Å². The van der Waals surface area contributed by atoms with Crippen molar-refractivity contribution in [2.24, 2.45) is 5.73 Å². The van der Waals surface area contributed by atoms with Crippen LogP contribution < -0.4 is 15.4 Å². The number of ketones is 1. The van der Waals surface area contributed by atoms with Gasteiger partial charge in [-0.3, -0.25) is 9.69 Å². The van der Waals surface area contributed by atoms with Gasteiger partial charge in [-0.2, -0.15) is 5.26 Å². The first-order chi connectivity index (χ1) is 18.3. The predicted molar refractivity (Wildman–Crippen MR) is 149 cm³/mol. The van der Waals surface area contributed by atoms with Gasteiger partial charge in [-0.25, -0.2) is 4.39 Å². The second-order valence-corrected chi connectivity index (χ2v) is 10.5. The van der Waals surface area contributed by atoms with Crippen molar-refractivity contribution >= 4 is 27.4 Å². The van der Waals surface area contributed by atoms with E-state index in [1.54, 1.807) is 17.0 Å². The van der Waals surface area contributed by atoms with E-state index >= 15 is 0 Å². The van der Waals surface area contributed by atoms with Crippen LogP contribution in [0.1, 0.15) is 47.4 Å². The van der Waals surface area contributed by atoms with Crippen molar-refractivity contribution < 1.29 is 13.9 Å². The lowest BCUT2D eigenvalue weighted by Crippen LogP contribution is -2.39. The number of Topliss-reactive ketones (excluding diaryl/α,β-unsaturated/α-hetero) is 1. The topological polar surface area (TPSA) is 79.3 Å². The van der Waals surface area contributed by atoms with E-state index < -0.39 is 11.7 Å². The summed E-state index contributed by atoms with van der Waals surface area (Å²) in [5.41, 5.74) is 12.5. The van der Waals surface area contributed by atoms with Gasteiger partial charge in [0, 0.05) is 17.7 Å². The molecule has 0 radical (unpaired) electrons. The Balaban J connectivity index is 1.65. The van der Waals surface area contributed by atoms with Crippen LogP contribution in [0, 0.1) is 31.0 Å². The highest BCUT2D eigenvalue weighted by Gasteiger charge is 2.41. The van der Waals surface area contributed by atoms with Crippen LogP contribution in [0.15, 0.2) is 87.8 Å². The molecule has 0 bridgehead atoms. The smallest absolute Gasteiger partial charge is 0.161 e. The summed E-state index contributed by atoms with van der Waals surface area (Å²) < 4.78 is 21.2. The van der Waals surface area contributed by atoms with Gasteiger partial charge in [-0.15, -0.1) is 0 Å². The minimum Gasteiger partial charge on any atom is -0.488 e. The summed E-state index contributed by atoms with van der Waals surface area (Å²) in [4.78, 5) is 15.2. The summed E-state index contributed by atoms with van der Waals surface area (Å²) in [6.07, 6.45) is 1.67. The third-order valence-corrected chi connectivity index (χ3v) is 7.87. The molecular formula is C31H27BrFN3O2. The van der Waals surface area contributed by atoms with Crippen LogP contribution >= 0.6 is 15.9 Å². The first kappa shape index (κ1) is 25.7. The Kier molecular flexibility index (Phi) is 7.09. The van der Waals surface area contributed by atoms with Crippen LogP contribution in [0.25, 0.3) is 0 Å². The molecule has 38 heavy (non-hydrogen) atoms. The lowest BCUT2D eigenvalue weighted by atomic mass is 9.73. The number of rotatable bonds is 5. The SMILES string of the molecule is Cc1cc(COc2ccccc2Br)c(C)c(C2C(C#N)=C(N)N(c3cccc(F)c3)C3=C2C(=O)CCC3)c1. The Hall–Kier alpha value is -3.89. The van der Waals surface area contributed by atoms with E-state index in [4.69, 9.17) is 10.5 Å². The number of hydrogen-bond acceptors (Lipinski definition) is 5. The summed E-state index contributed by atoms with van der Waals surface area (Å²) in [6, 6.07) is 20.1. The Morgan fingerprint density at radius 1 is 1.13 bits per heavy atom. The van der Waals surface area contributed by atoms with E-state index in [2.05, 4.69) is 28.1 Å². The highest BCUT2D eigenvalue weighted by molar-refractivity contribution is 9.10. The fourth-order valence-electron chi connectivity index (χ4n) is 5.44. The average molecular weight is 572 g/mol. The maximum absolute atomic E-state index is 14.2. The second-order valence-electron chi connectivity index (χ2n) is 9.65. The van der Waals surface area contributed by atoms with Crippen molar-refractivity contribution in [2.45, 2.75) is 45.6 Å². The summed E-state index contributed by atoms with van der Waals surface area (Å²) >= 11 is 3.52. The number of benzene rings is 3. The number of carbonyl (C=O) groups excluding carboxylic acids is 1. The number of nitrogens with zero attached hydrogens (tertiary/aromatic N) is 2. The molecule has 0 amide bonds. The van der Waals surface area contributed by atoms with Gasteiger partial charge in [-0.1, -0.05) is 35.9 Å². The molecule has 1 atom stereocenters. The Morgan fingerprint density at radius 3 is 2.66 bits per heavy atom. The van der Waals surface area contributed by atoms with Crippen LogP contribution in [-0.4, -0.2) is 5.78 Å². The molecule has 7 heteroatoms. The van der Waals surface area contributed by atoms with Crippen LogP contribution in [0.2, 0.25) is 0 Å². The number of anilines is 1. The lowest BCUT2D eigenvalue weighted by Gasteiger charge is -2.40. The minimum absolute atomic E-state index is 0.00942. The van der Waals surface area contributed by atoms with Crippen LogP contribution in [0.5, 0.6) is 5.75 Å². The first-order valence-corrected chi connectivity index (χ1v) is 13.3. The molecule has 0 fully saturated rings. The maximum atomic E-state index is 14.2. The van der Waals surface area contributed by atoms with Crippen LogP contribution in [-0.2, 0) is 11.4 Å². The summed E-state index contributed by atoms with van der Waals surface area (Å²) in [6.45, 7) is 4.31. The second kappa shape index (κ2) is 10.5. The Labute approximate surface area is 230 Å². The fraction of sp³-hybridized carbons (Fsp3) is 0.226. The van der Waals surface area contributed by atoms with Gasteiger partial charge >= 0.3 is 0 Å². The molecular weight excluding hydrogens is 545 g/mol. The first-order valence-electron chi connectivity index (χ1n) is 12.5. The molecule has 3 aromatic carbocycles. The molecule has 0 saturated heterocycles. The number of aryl methyl sites for hydroxylation is 1. The lowest BCUT2D eigenvalue weighted by molar-refractivity contribution is -0.116. The molecule has 1 aliphatic carbocycles. The Bertz CT molecular complexity index is 1550. The van der Waals surface area contributed by atoms with Crippen LogP contribution in [0.4, 0.5) is 10.1 Å². The number of nitriles is 1. The molecule has 2 N–H and O–H groups in total. The molecule has 0 spiro atoms. The van der Waals surface area contributed by atoms with Gasteiger partial charge in [0.25, 0.3) is 0 Å². The average Bonchev–Trinajstić information content (AvgIpc) is 2.89. The van der Waals surface area contributed by atoms with Crippen molar-refractivity contribution in [1.82, 2.24) is 0 Å². The largest absolute Gasteiger partial charge is 0.488 e. The molecule has 0 saturated carbocycles. The zero-order chi connectivity index (χ0) is 27.0. The summed E-state index contributed by atoms with van der Waals surface area (Å²) in [5.74, 6) is -0.0693. The molecule has 1 unspecified atom stereocenters. The molecule has 5 rings (SSSR count). The highest BCUT2D eigenvalue weighted by atomic mass is 79.9. The third kappa shape index (κ3) is 4.61. The monoisotopic (exact) mass is 571 g/mol. The number of hydrogen-bond donors (Lipinski definition) is 1. The number of ether oxygens (including phenoxy) is 1. The molecule has 1 aliphatic heterocycles.